The number of hydrogen-bond acceptors (Lipinski definition) is 9. The van der Waals surface area contributed by atoms with E-state index in [1.165, 1.54) is 5.56 Å². The molecule has 4 aromatic rings. The van der Waals surface area contributed by atoms with E-state index in [4.69, 9.17) is 33.7 Å². The van der Waals surface area contributed by atoms with Crippen molar-refractivity contribution in [2.45, 2.75) is 56.9 Å². The van der Waals surface area contributed by atoms with Crippen molar-refractivity contribution in [3.8, 4) is 17.4 Å². The van der Waals surface area contributed by atoms with Crippen LogP contribution in [0.4, 0.5) is 0 Å². The normalized spacial score (nSPS) is 19.3. The molecule has 3 fully saturated rings. The third-order valence-corrected chi connectivity index (χ3v) is 9.07. The number of hydrogen-bond donors (Lipinski definition) is 0. The van der Waals surface area contributed by atoms with Gasteiger partial charge in [-0.05, 0) is 62.2 Å². The molecule has 0 amide bonds. The number of pyridine rings is 1. The van der Waals surface area contributed by atoms with Crippen LogP contribution in [0.1, 0.15) is 53.7 Å². The summed E-state index contributed by atoms with van der Waals surface area (Å²) >= 11 is 0. The summed E-state index contributed by atoms with van der Waals surface area (Å²) in [7, 11) is 1.70. The fourth-order valence-electron chi connectivity index (χ4n) is 6.28. The van der Waals surface area contributed by atoms with Gasteiger partial charge in [-0.15, -0.1) is 0 Å². The van der Waals surface area contributed by atoms with Gasteiger partial charge in [0.05, 0.1) is 50.6 Å². The van der Waals surface area contributed by atoms with E-state index >= 15 is 0 Å². The molecular weight excluding hydrogens is 560 g/mol. The Morgan fingerprint density at radius 1 is 1.00 bits per heavy atom. The van der Waals surface area contributed by atoms with Gasteiger partial charge >= 0.3 is 0 Å². The van der Waals surface area contributed by atoms with Gasteiger partial charge in [0.25, 0.3) is 6.47 Å². The first-order valence-electron chi connectivity index (χ1n) is 15.4. The molecule has 230 valence electrons. The van der Waals surface area contributed by atoms with Crippen LogP contribution in [0.25, 0.3) is 11.0 Å². The topological polar surface area (TPSA) is 97.2 Å². The zero-order valence-electron chi connectivity index (χ0n) is 25.0. The molecule has 0 spiro atoms. The van der Waals surface area contributed by atoms with Gasteiger partial charge in [0.2, 0.25) is 5.88 Å². The number of aromatic nitrogens is 3. The third-order valence-electron chi connectivity index (χ3n) is 9.07. The Labute approximate surface area is 256 Å². The Morgan fingerprint density at radius 2 is 1.86 bits per heavy atom. The maximum absolute atomic E-state index is 10.9. The summed E-state index contributed by atoms with van der Waals surface area (Å²) < 4.78 is 30.2. The molecule has 3 saturated heterocycles. The quantitative estimate of drug-likeness (QED) is 0.212. The Hall–Kier alpha value is -3.99. The van der Waals surface area contributed by atoms with Gasteiger partial charge in [0.1, 0.15) is 23.9 Å². The fraction of sp³-hybridized carbons (Fsp3) is 0.441. The van der Waals surface area contributed by atoms with Crippen molar-refractivity contribution in [3.05, 3.63) is 77.2 Å². The zero-order valence-corrected chi connectivity index (χ0v) is 25.0. The molecule has 10 nitrogen and oxygen atoms in total. The molecule has 10 heteroatoms. The van der Waals surface area contributed by atoms with Gasteiger partial charge in [-0.1, -0.05) is 18.2 Å². The molecule has 0 aliphatic carbocycles. The fourth-order valence-corrected chi connectivity index (χ4v) is 6.28. The largest absolute Gasteiger partial charge is 0.496 e. The van der Waals surface area contributed by atoms with Crippen molar-refractivity contribution in [3.63, 3.8) is 0 Å². The van der Waals surface area contributed by atoms with E-state index in [-0.39, 0.29) is 6.10 Å². The minimum Gasteiger partial charge on any atom is -0.496 e. The van der Waals surface area contributed by atoms with Gasteiger partial charge in [0.15, 0.2) is 0 Å². The highest BCUT2D eigenvalue weighted by Gasteiger charge is 2.26. The first-order chi connectivity index (χ1) is 21.7. The molecule has 1 atom stereocenters. The van der Waals surface area contributed by atoms with Crippen LogP contribution in [0.3, 0.4) is 0 Å². The maximum Gasteiger partial charge on any atom is 0.298 e. The highest BCUT2D eigenvalue weighted by atomic mass is 16.5. The molecule has 3 aliphatic heterocycles. The van der Waals surface area contributed by atoms with Crippen molar-refractivity contribution in [1.82, 2.24) is 19.4 Å². The van der Waals surface area contributed by atoms with E-state index in [1.807, 2.05) is 24.3 Å². The molecule has 5 heterocycles. The van der Waals surface area contributed by atoms with E-state index in [0.29, 0.717) is 36.5 Å². The van der Waals surface area contributed by atoms with E-state index in [9.17, 15) is 4.79 Å². The van der Waals surface area contributed by atoms with Crippen molar-refractivity contribution in [1.29, 1.82) is 0 Å². The Kier molecular flexibility index (Phi) is 8.46. The second kappa shape index (κ2) is 12.9. The number of imidazole rings is 1. The summed E-state index contributed by atoms with van der Waals surface area (Å²) in [6.07, 6.45) is 3.26. The van der Waals surface area contributed by atoms with Gasteiger partial charge in [-0.2, -0.15) is 0 Å². The number of piperidine rings is 1. The van der Waals surface area contributed by atoms with Crippen LogP contribution in [0.15, 0.2) is 54.6 Å². The number of rotatable bonds is 12. The molecule has 2 aromatic carbocycles. The molecular formula is C34H38N4O6. The molecule has 0 bridgehead atoms. The second-order valence-corrected chi connectivity index (χ2v) is 11.8. The van der Waals surface area contributed by atoms with Gasteiger partial charge in [-0.3, -0.25) is 9.69 Å². The highest BCUT2D eigenvalue weighted by Crippen LogP contribution is 2.32. The number of carbonyl (C=O) groups is 1. The lowest BCUT2D eigenvalue weighted by Gasteiger charge is -2.32. The van der Waals surface area contributed by atoms with Crippen LogP contribution < -0.4 is 14.2 Å². The van der Waals surface area contributed by atoms with Crippen molar-refractivity contribution < 1.29 is 28.5 Å². The summed E-state index contributed by atoms with van der Waals surface area (Å²) in [6, 6.07) is 18.0. The smallest absolute Gasteiger partial charge is 0.298 e. The van der Waals surface area contributed by atoms with Gasteiger partial charge < -0.3 is 28.3 Å². The van der Waals surface area contributed by atoms with E-state index in [0.717, 1.165) is 99.1 Å². The summed E-state index contributed by atoms with van der Waals surface area (Å²) in [5, 5.41) is 0. The standard InChI is InChI=1S/C34H38N4O6/c1-40-32-15-24(26-19-41-20-26)5-6-25(32)21-43-34-4-2-3-29(36-34)23-9-12-37(13-10-23)18-33-35-30-8-7-27(44-22-39)16-31(30)38(33)17-28-11-14-42-28/h2-8,15-16,22-23,26,28H,9-14,17-21H2,1H3/t28-/m0/s1. The first-order valence-corrected chi connectivity index (χ1v) is 15.4. The Morgan fingerprint density at radius 3 is 2.59 bits per heavy atom. The molecule has 2 aromatic heterocycles. The van der Waals surface area contributed by atoms with Crippen molar-refractivity contribution in [2.75, 3.05) is 40.0 Å². The van der Waals surface area contributed by atoms with Crippen LogP contribution in [0.2, 0.25) is 0 Å². The lowest BCUT2D eigenvalue weighted by atomic mass is 9.93. The minimum atomic E-state index is 0.191. The van der Waals surface area contributed by atoms with E-state index in [1.54, 1.807) is 13.2 Å². The summed E-state index contributed by atoms with van der Waals surface area (Å²) in [5.74, 6) is 3.82. The number of ether oxygens (including phenoxy) is 5. The molecule has 0 unspecified atom stereocenters. The first kappa shape index (κ1) is 28.8. The summed E-state index contributed by atoms with van der Waals surface area (Å²) in [4.78, 5) is 23.2. The molecule has 7 rings (SSSR count). The maximum atomic E-state index is 10.9. The van der Waals surface area contributed by atoms with Crippen molar-refractivity contribution in [2.24, 2.45) is 0 Å². The Bertz CT molecular complexity index is 1610. The number of nitrogens with zero attached hydrogens (tertiary/aromatic N) is 4. The van der Waals surface area contributed by atoms with Crippen LogP contribution in [-0.4, -0.2) is 72.0 Å². The lowest BCUT2D eigenvalue weighted by Crippen LogP contribution is -2.35. The predicted molar refractivity (Wildman–Crippen MR) is 163 cm³/mol. The zero-order chi connectivity index (χ0) is 29.9. The molecule has 44 heavy (non-hydrogen) atoms. The van der Waals surface area contributed by atoms with Crippen LogP contribution >= 0.6 is 0 Å². The number of carbonyl (C=O) groups excluding carboxylic acids is 1. The lowest BCUT2D eigenvalue weighted by molar-refractivity contribution is -0.120. The average Bonchev–Trinajstić information content (AvgIpc) is 3.33. The molecule has 0 N–H and O–H groups in total. The monoisotopic (exact) mass is 598 g/mol. The number of methoxy groups -OCH3 is 1. The number of likely N-dealkylation sites (tertiary alicyclic amines) is 1. The molecule has 3 aliphatic rings. The minimum absolute atomic E-state index is 0.191. The second-order valence-electron chi connectivity index (χ2n) is 11.8. The summed E-state index contributed by atoms with van der Waals surface area (Å²) in [5.41, 5.74) is 5.18. The summed E-state index contributed by atoms with van der Waals surface area (Å²) in [6.45, 7) is 6.61. The number of fused-ring (bicyclic) bond motifs is 1. The van der Waals surface area contributed by atoms with Crippen molar-refractivity contribution >= 4 is 17.5 Å². The average molecular weight is 599 g/mol. The molecule has 0 radical (unpaired) electrons. The third kappa shape index (κ3) is 6.15. The van der Waals surface area contributed by atoms with Crippen LogP contribution in [-0.2, 0) is 34.0 Å². The van der Waals surface area contributed by atoms with Gasteiger partial charge in [0, 0.05) is 41.8 Å². The van der Waals surface area contributed by atoms with Crippen LogP contribution in [0, 0.1) is 0 Å². The van der Waals surface area contributed by atoms with E-state index < -0.39 is 0 Å². The van der Waals surface area contributed by atoms with Gasteiger partial charge in [-0.25, -0.2) is 9.97 Å². The Balaban J connectivity index is 0.981. The predicted octanol–water partition coefficient (Wildman–Crippen LogP) is 4.84. The molecule has 0 saturated carbocycles. The van der Waals surface area contributed by atoms with Crippen LogP contribution in [0.5, 0.6) is 17.4 Å². The number of benzene rings is 2. The van der Waals surface area contributed by atoms with E-state index in [2.05, 4.69) is 33.7 Å². The SMILES string of the molecule is COc1cc(C2COC2)ccc1COc1cccc(C2CCN(Cc3nc4ccc(OC=O)cc4n3C[C@@H]3CCO3)CC2)n1. The highest BCUT2D eigenvalue weighted by molar-refractivity contribution is 5.78.